The Labute approximate surface area is 169 Å². The molecule has 0 aliphatic carbocycles. The predicted molar refractivity (Wildman–Crippen MR) is 116 cm³/mol. The Morgan fingerprint density at radius 2 is 1.79 bits per heavy atom. The molecule has 0 amide bonds. The largest absolute Gasteiger partial charge is 0.383 e. The zero-order valence-electron chi connectivity index (χ0n) is 16.1. The number of nitrogens with one attached hydrogen (secondary N) is 3. The van der Waals surface area contributed by atoms with Crippen LogP contribution in [0.1, 0.15) is 28.8 Å². The molecule has 1 saturated heterocycles. The van der Waals surface area contributed by atoms with E-state index in [4.69, 9.17) is 5.73 Å². The molecule has 0 saturated carbocycles. The first kappa shape index (κ1) is 18.9. The van der Waals surface area contributed by atoms with Crippen molar-refractivity contribution in [2.75, 3.05) is 29.5 Å². The van der Waals surface area contributed by atoms with Gasteiger partial charge < -0.3 is 21.7 Å². The number of para-hydroxylation sites is 1. The van der Waals surface area contributed by atoms with Crippen molar-refractivity contribution in [1.82, 2.24) is 15.3 Å². The zero-order chi connectivity index (χ0) is 20.1. The van der Waals surface area contributed by atoms with Crippen molar-refractivity contribution in [2.24, 2.45) is 0 Å². The Bertz CT molecular complexity index is 968. The summed E-state index contributed by atoms with van der Waals surface area (Å²) in [6.45, 7) is 1.84. The Morgan fingerprint density at radius 3 is 2.52 bits per heavy atom. The van der Waals surface area contributed by atoms with Gasteiger partial charge in [-0.1, -0.05) is 18.2 Å². The first-order chi connectivity index (χ1) is 14.2. The third kappa shape index (κ3) is 4.52. The predicted octanol–water partition coefficient (Wildman–Crippen LogP) is 3.20. The van der Waals surface area contributed by atoms with Crippen LogP contribution in [0.15, 0.2) is 60.9 Å². The number of carbonyl (C=O) groups excluding carboxylic acids is 1. The lowest BCUT2D eigenvalue weighted by molar-refractivity contribution is 0.103. The number of nitrogens with zero attached hydrogens (tertiary/aromatic N) is 2. The van der Waals surface area contributed by atoms with Crippen LogP contribution in [0.2, 0.25) is 0 Å². The maximum absolute atomic E-state index is 13.2. The molecular weight excluding hydrogens is 364 g/mol. The molecule has 148 valence electrons. The number of hydrogen-bond acceptors (Lipinski definition) is 7. The number of aromatic nitrogens is 2. The molecule has 5 N–H and O–H groups in total. The molecule has 0 bridgehead atoms. The molecular formula is C22H24N6O. The highest BCUT2D eigenvalue weighted by molar-refractivity contribution is 6.14. The quantitative estimate of drug-likeness (QED) is 0.481. The lowest BCUT2D eigenvalue weighted by Gasteiger charge is -2.25. The second-order valence-electron chi connectivity index (χ2n) is 7.07. The monoisotopic (exact) mass is 388 g/mol. The molecule has 3 aromatic rings. The third-order valence-electron chi connectivity index (χ3n) is 4.95. The normalized spacial score (nSPS) is 16.2. The Hall–Kier alpha value is -3.45. The second-order valence-corrected chi connectivity index (χ2v) is 7.07. The van der Waals surface area contributed by atoms with Gasteiger partial charge in [0.15, 0.2) is 5.78 Å². The number of anilines is 4. The molecule has 7 nitrogen and oxygen atoms in total. The van der Waals surface area contributed by atoms with Gasteiger partial charge in [-0.25, -0.2) is 9.97 Å². The number of ketones is 1. The molecule has 4 rings (SSSR count). The molecule has 7 heteroatoms. The topological polar surface area (TPSA) is 105 Å². The number of hydrogen-bond donors (Lipinski definition) is 4. The Balaban J connectivity index is 1.54. The summed E-state index contributed by atoms with van der Waals surface area (Å²) in [6, 6.07) is 17.4. The van der Waals surface area contributed by atoms with Gasteiger partial charge >= 0.3 is 0 Å². The summed E-state index contributed by atoms with van der Waals surface area (Å²) < 4.78 is 0. The fraction of sp³-hybridized carbons (Fsp3) is 0.227. The van der Waals surface area contributed by atoms with Crippen LogP contribution in [0.4, 0.5) is 23.0 Å². The van der Waals surface area contributed by atoms with Crippen LogP contribution in [0.25, 0.3) is 0 Å². The van der Waals surface area contributed by atoms with Gasteiger partial charge in [-0.05, 0) is 55.8 Å². The zero-order valence-corrected chi connectivity index (χ0v) is 16.1. The smallest absolute Gasteiger partial charge is 0.200 e. The van der Waals surface area contributed by atoms with Crippen molar-refractivity contribution in [3.05, 3.63) is 72.1 Å². The summed E-state index contributed by atoms with van der Waals surface area (Å²) in [5, 5.41) is 10.0. The lowest BCUT2D eigenvalue weighted by atomic mass is 10.0. The summed E-state index contributed by atoms with van der Waals surface area (Å²) in [5.41, 5.74) is 8.80. The number of benzene rings is 2. The molecule has 1 unspecified atom stereocenters. The summed E-state index contributed by atoms with van der Waals surface area (Å²) in [7, 11) is 0. The summed E-state index contributed by atoms with van der Waals surface area (Å²) in [5.74, 6) is 0.478. The molecule has 1 aromatic heterocycles. The van der Waals surface area contributed by atoms with Gasteiger partial charge in [0.05, 0.1) is 0 Å². The van der Waals surface area contributed by atoms with E-state index >= 15 is 0 Å². The Morgan fingerprint density at radius 1 is 1.03 bits per heavy atom. The average molecular weight is 388 g/mol. The van der Waals surface area contributed by atoms with Crippen molar-refractivity contribution < 1.29 is 4.79 Å². The lowest BCUT2D eigenvalue weighted by Crippen LogP contribution is -2.39. The summed E-state index contributed by atoms with van der Waals surface area (Å²) in [6.07, 6.45) is 3.49. The number of carbonyl (C=O) groups is 1. The molecule has 1 aliphatic rings. The van der Waals surface area contributed by atoms with Gasteiger partial charge in [0.25, 0.3) is 0 Å². The van der Waals surface area contributed by atoms with E-state index in [1.807, 2.05) is 42.5 Å². The van der Waals surface area contributed by atoms with Crippen molar-refractivity contribution in [2.45, 2.75) is 18.9 Å². The van der Waals surface area contributed by atoms with Gasteiger partial charge in [0, 0.05) is 29.5 Å². The molecule has 1 atom stereocenters. The number of nitrogen functional groups attached to an aromatic ring is 1. The standard InChI is InChI=1S/C22H24N6O/c23-21-19(22(26-14-25-21)28-18-7-4-12-24-13-18)20(29)15-8-10-17(11-9-15)27-16-5-2-1-3-6-16/h1-3,5-6,8-11,14,18,24,27H,4,7,12-13H2,(H3,23,25,26,28). The molecule has 29 heavy (non-hydrogen) atoms. The minimum Gasteiger partial charge on any atom is -0.383 e. The highest BCUT2D eigenvalue weighted by Gasteiger charge is 2.22. The van der Waals surface area contributed by atoms with Crippen LogP contribution in [0.3, 0.4) is 0 Å². The number of nitrogens with two attached hydrogens (primary N) is 1. The molecule has 1 fully saturated rings. The second kappa shape index (κ2) is 8.70. The van der Waals surface area contributed by atoms with Crippen LogP contribution >= 0.6 is 0 Å². The fourth-order valence-electron chi connectivity index (χ4n) is 3.44. The van der Waals surface area contributed by atoms with Crippen molar-refractivity contribution in [3.8, 4) is 0 Å². The molecule has 1 aliphatic heterocycles. The first-order valence-electron chi connectivity index (χ1n) is 9.75. The van der Waals surface area contributed by atoms with E-state index in [-0.39, 0.29) is 17.6 Å². The maximum atomic E-state index is 13.2. The molecule has 0 radical (unpaired) electrons. The van der Waals surface area contributed by atoms with Crippen LogP contribution in [0, 0.1) is 0 Å². The number of rotatable bonds is 6. The molecule has 2 aromatic carbocycles. The van der Waals surface area contributed by atoms with E-state index in [0.29, 0.717) is 16.9 Å². The Kier molecular flexibility index (Phi) is 5.67. The van der Waals surface area contributed by atoms with Gasteiger partial charge in [0.1, 0.15) is 23.5 Å². The van der Waals surface area contributed by atoms with E-state index < -0.39 is 0 Å². The van der Waals surface area contributed by atoms with Gasteiger partial charge in [0.2, 0.25) is 0 Å². The van der Waals surface area contributed by atoms with Crippen LogP contribution in [-0.4, -0.2) is 34.9 Å². The van der Waals surface area contributed by atoms with Crippen LogP contribution in [0.5, 0.6) is 0 Å². The highest BCUT2D eigenvalue weighted by Crippen LogP contribution is 2.24. The first-order valence-corrected chi connectivity index (χ1v) is 9.75. The van der Waals surface area contributed by atoms with Crippen molar-refractivity contribution >= 4 is 28.8 Å². The maximum Gasteiger partial charge on any atom is 0.200 e. The van der Waals surface area contributed by atoms with E-state index in [2.05, 4.69) is 25.9 Å². The fourth-order valence-corrected chi connectivity index (χ4v) is 3.44. The van der Waals surface area contributed by atoms with Crippen molar-refractivity contribution in [3.63, 3.8) is 0 Å². The van der Waals surface area contributed by atoms with Crippen molar-refractivity contribution in [1.29, 1.82) is 0 Å². The number of piperidine rings is 1. The summed E-state index contributed by atoms with van der Waals surface area (Å²) in [4.78, 5) is 21.5. The third-order valence-corrected chi connectivity index (χ3v) is 4.95. The van der Waals surface area contributed by atoms with Gasteiger partial charge in [-0.15, -0.1) is 0 Å². The minimum atomic E-state index is -0.194. The van der Waals surface area contributed by atoms with E-state index in [1.54, 1.807) is 12.1 Å². The average Bonchev–Trinajstić information content (AvgIpc) is 2.75. The van der Waals surface area contributed by atoms with Gasteiger partial charge in [-0.2, -0.15) is 0 Å². The molecule has 0 spiro atoms. The van der Waals surface area contributed by atoms with E-state index in [0.717, 1.165) is 37.3 Å². The summed E-state index contributed by atoms with van der Waals surface area (Å²) >= 11 is 0. The van der Waals surface area contributed by atoms with Crippen LogP contribution < -0.4 is 21.7 Å². The SMILES string of the molecule is Nc1ncnc(NC2CCCNC2)c1C(=O)c1ccc(Nc2ccccc2)cc1. The molecule has 2 heterocycles. The van der Waals surface area contributed by atoms with Gasteiger partial charge in [-0.3, -0.25) is 4.79 Å². The minimum absolute atomic E-state index is 0.183. The highest BCUT2D eigenvalue weighted by atomic mass is 16.1. The van der Waals surface area contributed by atoms with E-state index in [1.165, 1.54) is 6.33 Å². The van der Waals surface area contributed by atoms with Crippen LogP contribution in [-0.2, 0) is 0 Å². The van der Waals surface area contributed by atoms with E-state index in [9.17, 15) is 4.79 Å².